The van der Waals surface area contributed by atoms with Crippen molar-refractivity contribution in [1.29, 1.82) is 0 Å². The number of hydrogen-bond acceptors (Lipinski definition) is 4. The van der Waals surface area contributed by atoms with E-state index in [9.17, 15) is 14.0 Å². The molecule has 3 aromatic rings. The van der Waals surface area contributed by atoms with E-state index in [1.54, 1.807) is 18.2 Å². The van der Waals surface area contributed by atoms with Crippen LogP contribution in [-0.2, 0) is 24.3 Å². The molecule has 1 amide bonds. The van der Waals surface area contributed by atoms with E-state index >= 15 is 0 Å². The number of halogens is 1. The van der Waals surface area contributed by atoms with Crippen molar-refractivity contribution < 1.29 is 9.18 Å². The maximum Gasteiger partial charge on any atom is 0.274 e. The highest BCUT2D eigenvalue weighted by Crippen LogP contribution is 2.14. The number of amides is 1. The number of hydrogen-bond donors (Lipinski definition) is 1. The number of rotatable bonds is 7. The van der Waals surface area contributed by atoms with Gasteiger partial charge in [-0.3, -0.25) is 9.59 Å². The van der Waals surface area contributed by atoms with Gasteiger partial charge in [0.2, 0.25) is 5.91 Å². The van der Waals surface area contributed by atoms with E-state index in [0.717, 1.165) is 30.6 Å². The number of nitrogens with zero attached hydrogens (tertiary/aromatic N) is 3. The maximum atomic E-state index is 13.0. The molecule has 4 rings (SSSR count). The Morgan fingerprint density at radius 2 is 1.70 bits per heavy atom. The van der Waals surface area contributed by atoms with Crippen LogP contribution in [0.1, 0.15) is 24.1 Å². The van der Waals surface area contributed by atoms with Crippen molar-refractivity contribution in [2.24, 2.45) is 0 Å². The first-order valence-corrected chi connectivity index (χ1v) is 10.3. The predicted molar refractivity (Wildman–Crippen MR) is 114 cm³/mol. The normalized spacial score (nSPS) is 14.3. The molecular formula is C23H25FN4O2. The van der Waals surface area contributed by atoms with Gasteiger partial charge in [-0.2, -0.15) is 5.10 Å². The van der Waals surface area contributed by atoms with Crippen molar-refractivity contribution in [1.82, 2.24) is 20.0 Å². The molecule has 156 valence electrons. The monoisotopic (exact) mass is 408 g/mol. The third kappa shape index (κ3) is 4.74. The molecule has 0 radical (unpaired) electrons. The van der Waals surface area contributed by atoms with Gasteiger partial charge in [0.25, 0.3) is 5.56 Å². The number of carbonyl (C=O) groups excluding carboxylic acids is 1. The molecular weight excluding hydrogens is 383 g/mol. The number of benzene rings is 2. The van der Waals surface area contributed by atoms with Crippen LogP contribution in [0.15, 0.2) is 53.3 Å². The molecule has 2 heterocycles. The van der Waals surface area contributed by atoms with Crippen molar-refractivity contribution in [3.63, 3.8) is 0 Å². The summed E-state index contributed by atoms with van der Waals surface area (Å²) in [4.78, 5) is 27.5. The third-order valence-electron chi connectivity index (χ3n) is 5.50. The van der Waals surface area contributed by atoms with Gasteiger partial charge in [0.15, 0.2) is 0 Å². The van der Waals surface area contributed by atoms with Gasteiger partial charge in [0, 0.05) is 11.9 Å². The first kappa shape index (κ1) is 20.2. The van der Waals surface area contributed by atoms with Gasteiger partial charge < -0.3 is 10.2 Å². The van der Waals surface area contributed by atoms with Gasteiger partial charge in [-0.1, -0.05) is 30.3 Å². The molecule has 1 aliphatic rings. The lowest BCUT2D eigenvalue weighted by Gasteiger charge is -2.16. The second-order valence-corrected chi connectivity index (χ2v) is 7.65. The third-order valence-corrected chi connectivity index (χ3v) is 5.50. The van der Waals surface area contributed by atoms with E-state index in [4.69, 9.17) is 0 Å². The van der Waals surface area contributed by atoms with Crippen LogP contribution in [-0.4, -0.2) is 40.2 Å². The number of fused-ring (bicyclic) bond motifs is 1. The van der Waals surface area contributed by atoms with Crippen LogP contribution in [0.4, 0.5) is 4.39 Å². The Hall–Kier alpha value is -3.06. The van der Waals surface area contributed by atoms with Crippen molar-refractivity contribution in [2.75, 3.05) is 19.6 Å². The highest BCUT2D eigenvalue weighted by atomic mass is 19.1. The van der Waals surface area contributed by atoms with E-state index in [-0.39, 0.29) is 30.2 Å². The minimum absolute atomic E-state index is 0.105. The molecule has 1 saturated heterocycles. The summed E-state index contributed by atoms with van der Waals surface area (Å²) in [6.07, 6.45) is 2.56. The van der Waals surface area contributed by atoms with E-state index in [2.05, 4.69) is 15.3 Å². The lowest BCUT2D eigenvalue weighted by atomic mass is 10.1. The molecule has 1 aliphatic heterocycles. The Balaban J connectivity index is 1.50. The number of nitrogens with one attached hydrogen (secondary N) is 1. The van der Waals surface area contributed by atoms with E-state index in [1.807, 2.05) is 18.2 Å². The van der Waals surface area contributed by atoms with Crippen LogP contribution in [0.5, 0.6) is 0 Å². The average Bonchev–Trinajstić information content (AvgIpc) is 3.28. The Morgan fingerprint density at radius 3 is 2.43 bits per heavy atom. The van der Waals surface area contributed by atoms with Crippen molar-refractivity contribution in [3.8, 4) is 0 Å². The largest absolute Gasteiger partial charge is 0.350 e. The molecule has 1 fully saturated rings. The first-order valence-electron chi connectivity index (χ1n) is 10.3. The molecule has 6 nitrogen and oxygen atoms in total. The quantitative estimate of drug-likeness (QED) is 0.652. The molecule has 0 spiro atoms. The maximum absolute atomic E-state index is 13.0. The number of likely N-dealkylation sites (tertiary alicyclic amines) is 1. The SMILES string of the molecule is O=C(Cc1ccc(F)cc1)NCc1nn(CCN2CCCC2)c(=O)c2ccccc12. The summed E-state index contributed by atoms with van der Waals surface area (Å²) in [6.45, 7) is 3.68. The van der Waals surface area contributed by atoms with Crippen LogP contribution < -0.4 is 10.9 Å². The minimum Gasteiger partial charge on any atom is -0.350 e. The van der Waals surface area contributed by atoms with Crippen LogP contribution >= 0.6 is 0 Å². The van der Waals surface area contributed by atoms with Gasteiger partial charge in [0.1, 0.15) is 5.82 Å². The topological polar surface area (TPSA) is 67.2 Å². The van der Waals surface area contributed by atoms with Gasteiger partial charge >= 0.3 is 0 Å². The molecule has 2 aromatic carbocycles. The van der Waals surface area contributed by atoms with E-state index in [1.165, 1.54) is 29.7 Å². The van der Waals surface area contributed by atoms with Gasteiger partial charge in [-0.05, 0) is 49.7 Å². The summed E-state index contributed by atoms with van der Waals surface area (Å²) in [5, 5.41) is 8.80. The summed E-state index contributed by atoms with van der Waals surface area (Å²) >= 11 is 0. The molecule has 1 N–H and O–H groups in total. The standard InChI is InChI=1S/C23H25FN4O2/c24-18-9-7-17(8-10-18)15-22(29)25-16-21-19-5-1-2-6-20(19)23(30)28(26-21)14-13-27-11-3-4-12-27/h1-2,5-10H,3-4,11-16H2,(H,25,29). The molecule has 0 bridgehead atoms. The summed E-state index contributed by atoms with van der Waals surface area (Å²) in [7, 11) is 0. The van der Waals surface area contributed by atoms with Crippen molar-refractivity contribution >= 4 is 16.7 Å². The fourth-order valence-corrected chi connectivity index (χ4v) is 3.86. The van der Waals surface area contributed by atoms with Crippen molar-refractivity contribution in [3.05, 3.63) is 76.0 Å². The number of carbonyl (C=O) groups is 1. The fourth-order valence-electron chi connectivity index (χ4n) is 3.86. The summed E-state index contributed by atoms with van der Waals surface area (Å²) in [5.74, 6) is -0.506. The summed E-state index contributed by atoms with van der Waals surface area (Å²) in [6, 6.07) is 13.2. The van der Waals surface area contributed by atoms with Crippen LogP contribution in [0.3, 0.4) is 0 Å². The second kappa shape index (κ2) is 9.17. The first-order chi connectivity index (χ1) is 14.6. The van der Waals surface area contributed by atoms with E-state index < -0.39 is 0 Å². The Kier molecular flexibility index (Phi) is 6.18. The Morgan fingerprint density at radius 1 is 1.00 bits per heavy atom. The van der Waals surface area contributed by atoms with Crippen LogP contribution in [0, 0.1) is 5.82 Å². The van der Waals surface area contributed by atoms with Crippen molar-refractivity contribution in [2.45, 2.75) is 32.4 Å². The smallest absolute Gasteiger partial charge is 0.274 e. The molecule has 1 aromatic heterocycles. The Labute approximate surface area is 174 Å². The fraction of sp³-hybridized carbons (Fsp3) is 0.348. The predicted octanol–water partition coefficient (Wildman–Crippen LogP) is 2.49. The minimum atomic E-state index is -0.328. The summed E-state index contributed by atoms with van der Waals surface area (Å²) < 4.78 is 14.6. The molecule has 30 heavy (non-hydrogen) atoms. The molecule has 7 heteroatoms. The second-order valence-electron chi connectivity index (χ2n) is 7.65. The summed E-state index contributed by atoms with van der Waals surface area (Å²) in [5.41, 5.74) is 1.30. The lowest BCUT2D eigenvalue weighted by Crippen LogP contribution is -2.33. The van der Waals surface area contributed by atoms with Gasteiger partial charge in [0.05, 0.1) is 30.6 Å². The zero-order chi connectivity index (χ0) is 20.9. The molecule has 0 aliphatic carbocycles. The number of aromatic nitrogens is 2. The highest BCUT2D eigenvalue weighted by Gasteiger charge is 2.15. The van der Waals surface area contributed by atoms with Gasteiger partial charge in [-0.25, -0.2) is 9.07 Å². The Bertz CT molecular complexity index is 1090. The lowest BCUT2D eigenvalue weighted by molar-refractivity contribution is -0.120. The average molecular weight is 408 g/mol. The highest BCUT2D eigenvalue weighted by molar-refractivity contribution is 5.84. The molecule has 0 unspecified atom stereocenters. The zero-order valence-electron chi connectivity index (χ0n) is 16.8. The van der Waals surface area contributed by atoms with Crippen LogP contribution in [0.25, 0.3) is 10.8 Å². The zero-order valence-corrected chi connectivity index (χ0v) is 16.8. The molecule has 0 atom stereocenters. The van der Waals surface area contributed by atoms with E-state index in [0.29, 0.717) is 17.6 Å². The molecule has 0 saturated carbocycles. The van der Waals surface area contributed by atoms with Gasteiger partial charge in [-0.15, -0.1) is 0 Å². The van der Waals surface area contributed by atoms with Crippen LogP contribution in [0.2, 0.25) is 0 Å².